The molecule has 3 atom stereocenters. The number of hydrogen-bond acceptors (Lipinski definition) is 5. The average Bonchev–Trinajstić information content (AvgIpc) is 2.86. The molecule has 1 aromatic heterocycles. The number of alkyl halides is 1. The van der Waals surface area contributed by atoms with Gasteiger partial charge in [-0.15, -0.1) is 11.8 Å². The van der Waals surface area contributed by atoms with E-state index < -0.39 is 12.1 Å². The molecule has 198 valence electrons. The lowest BCUT2D eigenvalue weighted by atomic mass is 9.79. The molecule has 0 amide bonds. The molecule has 1 saturated heterocycles. The zero-order chi connectivity index (χ0) is 26.4. The first kappa shape index (κ1) is 27.6. The number of rotatable bonds is 11. The second kappa shape index (κ2) is 12.9. The summed E-state index contributed by atoms with van der Waals surface area (Å²) >= 11 is 7.47. The number of hydrogen-bond donors (Lipinski definition) is 1. The molecule has 0 radical (unpaired) electrons. The number of aliphatic carboxylic acids is 1. The predicted molar refractivity (Wildman–Crippen MR) is 144 cm³/mol. The minimum absolute atomic E-state index is 0.0404. The van der Waals surface area contributed by atoms with E-state index >= 15 is 4.39 Å². The number of pyridine rings is 1. The highest BCUT2D eigenvalue weighted by molar-refractivity contribution is 7.99. The summed E-state index contributed by atoms with van der Waals surface area (Å²) in [6.45, 7) is 2.25. The number of piperidine rings is 1. The van der Waals surface area contributed by atoms with Crippen LogP contribution in [-0.4, -0.2) is 53.5 Å². The molecule has 37 heavy (non-hydrogen) atoms. The summed E-state index contributed by atoms with van der Waals surface area (Å²) in [5.74, 6) is 0.313. The monoisotopic (exact) mass is 548 g/mol. The van der Waals surface area contributed by atoms with Crippen molar-refractivity contribution in [2.45, 2.75) is 36.8 Å². The lowest BCUT2D eigenvalue weighted by Crippen LogP contribution is -2.42. The van der Waals surface area contributed by atoms with Gasteiger partial charge < -0.3 is 14.7 Å². The number of carbonyl (C=O) groups is 1. The Morgan fingerprint density at radius 2 is 2.11 bits per heavy atom. The molecule has 1 aliphatic rings. The molecule has 2 aromatic carbocycles. The van der Waals surface area contributed by atoms with Crippen LogP contribution >= 0.6 is 23.4 Å². The number of carboxylic acid groups (broad SMARTS) is 1. The van der Waals surface area contributed by atoms with Crippen molar-refractivity contribution >= 4 is 40.2 Å². The van der Waals surface area contributed by atoms with Gasteiger partial charge in [0.2, 0.25) is 0 Å². The average molecular weight is 549 g/mol. The Hall–Kier alpha value is -2.42. The van der Waals surface area contributed by atoms with E-state index in [4.69, 9.17) is 16.3 Å². The van der Waals surface area contributed by atoms with Crippen molar-refractivity contribution in [1.29, 1.82) is 0 Å². The molecule has 0 spiro atoms. The van der Waals surface area contributed by atoms with Crippen LogP contribution in [0.3, 0.4) is 0 Å². The zero-order valence-electron chi connectivity index (χ0n) is 20.7. The highest BCUT2D eigenvalue weighted by atomic mass is 35.5. The van der Waals surface area contributed by atoms with Gasteiger partial charge in [0, 0.05) is 46.8 Å². The van der Waals surface area contributed by atoms with E-state index in [9.17, 15) is 14.3 Å². The molecule has 2 heterocycles. The molecule has 5 nitrogen and oxygen atoms in total. The largest absolute Gasteiger partial charge is 0.497 e. The maximum absolute atomic E-state index is 15.5. The van der Waals surface area contributed by atoms with Gasteiger partial charge in [-0.2, -0.15) is 0 Å². The van der Waals surface area contributed by atoms with Crippen LogP contribution in [0.2, 0.25) is 5.02 Å². The van der Waals surface area contributed by atoms with Gasteiger partial charge in [-0.25, -0.2) is 8.78 Å². The Morgan fingerprint density at radius 1 is 1.27 bits per heavy atom. The van der Waals surface area contributed by atoms with Crippen LogP contribution in [0, 0.1) is 17.7 Å². The van der Waals surface area contributed by atoms with Crippen LogP contribution < -0.4 is 4.74 Å². The quantitative estimate of drug-likeness (QED) is 0.259. The fourth-order valence-corrected chi connectivity index (χ4v) is 6.44. The molecule has 1 fully saturated rings. The van der Waals surface area contributed by atoms with Crippen molar-refractivity contribution in [3.8, 4) is 5.75 Å². The molecular weight excluding hydrogens is 518 g/mol. The second-order valence-electron chi connectivity index (χ2n) is 9.49. The number of methoxy groups -OCH3 is 1. The van der Waals surface area contributed by atoms with E-state index in [1.807, 2.05) is 18.2 Å². The Kier molecular flexibility index (Phi) is 9.62. The third-order valence-electron chi connectivity index (χ3n) is 7.04. The van der Waals surface area contributed by atoms with Crippen molar-refractivity contribution in [3.05, 3.63) is 65.1 Å². The number of thioether (sulfide) groups is 1. The minimum Gasteiger partial charge on any atom is -0.497 e. The van der Waals surface area contributed by atoms with Crippen LogP contribution in [0.5, 0.6) is 5.75 Å². The van der Waals surface area contributed by atoms with Gasteiger partial charge in [-0.05, 0) is 85.7 Å². The number of ether oxygens (including phenoxy) is 1. The number of aromatic nitrogens is 1. The molecule has 9 heteroatoms. The zero-order valence-corrected chi connectivity index (χ0v) is 22.3. The first-order chi connectivity index (χ1) is 17.8. The van der Waals surface area contributed by atoms with Gasteiger partial charge in [-0.3, -0.25) is 9.78 Å². The molecule has 0 saturated carbocycles. The Morgan fingerprint density at radius 3 is 2.86 bits per heavy atom. The number of halogens is 3. The van der Waals surface area contributed by atoms with Gasteiger partial charge in [0.1, 0.15) is 17.7 Å². The summed E-state index contributed by atoms with van der Waals surface area (Å²) in [6.07, 6.45) is 2.30. The third kappa shape index (κ3) is 7.55. The Balaban J connectivity index is 1.34. The number of carboxylic acids is 1. The van der Waals surface area contributed by atoms with Crippen molar-refractivity contribution in [2.24, 2.45) is 11.8 Å². The molecule has 1 aliphatic heterocycles. The lowest BCUT2D eigenvalue weighted by molar-refractivity contribution is -0.139. The molecule has 1 unspecified atom stereocenters. The van der Waals surface area contributed by atoms with E-state index in [-0.39, 0.29) is 24.1 Å². The number of benzene rings is 2. The summed E-state index contributed by atoms with van der Waals surface area (Å²) < 4.78 is 34.3. The number of likely N-dealkylation sites (tertiary alicyclic amines) is 1. The molecule has 1 N–H and O–H groups in total. The fraction of sp³-hybridized carbons (Fsp3) is 0.429. The van der Waals surface area contributed by atoms with Crippen molar-refractivity contribution in [2.75, 3.05) is 32.5 Å². The van der Waals surface area contributed by atoms with E-state index in [1.165, 1.54) is 23.9 Å². The third-order valence-corrected chi connectivity index (χ3v) is 8.21. The topological polar surface area (TPSA) is 62.7 Å². The lowest BCUT2D eigenvalue weighted by Gasteiger charge is -2.38. The SMILES string of the molecule is COc1ccc2nccc(C(F)CC[C@@H]3CCN(CCSc4cc(F)cc(Cl)c4)C[C@@H]3CC(=O)O)c2c1. The second-order valence-corrected chi connectivity index (χ2v) is 11.1. The number of fused-ring (bicyclic) bond motifs is 1. The van der Waals surface area contributed by atoms with Gasteiger partial charge in [0.15, 0.2) is 0 Å². The summed E-state index contributed by atoms with van der Waals surface area (Å²) in [6, 6.07) is 11.6. The highest BCUT2D eigenvalue weighted by Crippen LogP contribution is 2.36. The molecular formula is C28H31ClF2N2O3S. The summed E-state index contributed by atoms with van der Waals surface area (Å²) in [5.41, 5.74) is 1.31. The fourth-order valence-electron chi connectivity index (χ4n) is 5.16. The van der Waals surface area contributed by atoms with Gasteiger partial charge in [0.25, 0.3) is 0 Å². The van der Waals surface area contributed by atoms with Crippen LogP contribution in [0.15, 0.2) is 53.6 Å². The van der Waals surface area contributed by atoms with Gasteiger partial charge >= 0.3 is 5.97 Å². The van der Waals surface area contributed by atoms with E-state index in [0.717, 1.165) is 41.1 Å². The Labute approximate surface area is 225 Å². The van der Waals surface area contributed by atoms with Crippen molar-refractivity contribution in [1.82, 2.24) is 9.88 Å². The molecule has 0 bridgehead atoms. The standard InChI is InChI=1S/C28H31ClF2N2O3S/c1-36-22-3-5-27-25(16-22)24(6-8-32-27)26(31)4-2-18-7-9-33(17-19(18)12-28(34)35)10-11-37-23-14-20(29)13-21(30)15-23/h3,5-6,8,13-16,18-19,26H,2,4,7,9-12,17H2,1H3,(H,34,35)/t18-,19+,26?/m1/s1. The van der Waals surface area contributed by atoms with E-state index in [2.05, 4.69) is 9.88 Å². The minimum atomic E-state index is -1.17. The normalized spacial score (nSPS) is 19.1. The maximum atomic E-state index is 15.5. The molecule has 0 aliphatic carbocycles. The summed E-state index contributed by atoms with van der Waals surface area (Å²) in [5, 5.41) is 10.6. The number of nitrogens with zero attached hydrogens (tertiary/aromatic N) is 2. The first-order valence-electron chi connectivity index (χ1n) is 12.4. The van der Waals surface area contributed by atoms with E-state index in [0.29, 0.717) is 35.7 Å². The van der Waals surface area contributed by atoms with Gasteiger partial charge in [-0.1, -0.05) is 11.6 Å². The van der Waals surface area contributed by atoms with Crippen molar-refractivity contribution in [3.63, 3.8) is 0 Å². The van der Waals surface area contributed by atoms with Crippen LogP contribution in [0.4, 0.5) is 8.78 Å². The molecule has 3 aromatic rings. The summed E-state index contributed by atoms with van der Waals surface area (Å²) in [7, 11) is 1.58. The van der Waals surface area contributed by atoms with Crippen LogP contribution in [0.25, 0.3) is 10.9 Å². The predicted octanol–water partition coefficient (Wildman–Crippen LogP) is 7.03. The highest BCUT2D eigenvalue weighted by Gasteiger charge is 2.31. The van der Waals surface area contributed by atoms with Crippen LogP contribution in [0.1, 0.15) is 37.4 Å². The summed E-state index contributed by atoms with van der Waals surface area (Å²) in [4.78, 5) is 19.0. The van der Waals surface area contributed by atoms with Gasteiger partial charge in [0.05, 0.1) is 12.6 Å². The molecule has 4 rings (SSSR count). The van der Waals surface area contributed by atoms with Crippen LogP contribution in [-0.2, 0) is 4.79 Å². The maximum Gasteiger partial charge on any atom is 0.303 e. The first-order valence-corrected chi connectivity index (χ1v) is 13.8. The smallest absolute Gasteiger partial charge is 0.303 e. The van der Waals surface area contributed by atoms with E-state index in [1.54, 1.807) is 25.4 Å². The van der Waals surface area contributed by atoms with Crippen molar-refractivity contribution < 1.29 is 23.4 Å². The Bertz CT molecular complexity index is 1210.